The Hall–Kier alpha value is -1.28. The van der Waals surface area contributed by atoms with Crippen LogP contribution in [0.25, 0.3) is 0 Å². The molecular weight excluding hydrogens is 256 g/mol. The molecule has 2 rings (SSSR count). The zero-order valence-electron chi connectivity index (χ0n) is 11.7. The van der Waals surface area contributed by atoms with Gasteiger partial charge in [-0.25, -0.2) is 19.6 Å². The molecule has 0 aromatic heterocycles. The Morgan fingerprint density at radius 3 is 1.40 bits per heavy atom. The molecule has 0 aromatic carbocycles. The van der Waals surface area contributed by atoms with Crippen LogP contribution < -0.4 is 0 Å². The smallest absolute Gasteiger partial charge is 0.235 e. The summed E-state index contributed by atoms with van der Waals surface area (Å²) in [6, 6.07) is 0.210. The van der Waals surface area contributed by atoms with Crippen LogP contribution in [0.5, 0.6) is 0 Å². The summed E-state index contributed by atoms with van der Waals surface area (Å²) >= 11 is 0. The molecule has 0 aromatic rings. The average Bonchev–Trinajstić information content (AvgIpc) is 2.49. The summed E-state index contributed by atoms with van der Waals surface area (Å²) in [5, 5.41) is 10.5. The van der Waals surface area contributed by atoms with Crippen molar-refractivity contribution in [3.05, 3.63) is 0 Å². The zero-order chi connectivity index (χ0) is 14.4. The predicted molar refractivity (Wildman–Crippen MR) is 73.7 cm³/mol. The first-order chi connectivity index (χ1) is 9.74. The molecule has 0 amide bonds. The molecule has 20 heavy (non-hydrogen) atoms. The van der Waals surface area contributed by atoms with Crippen LogP contribution in [0, 0.1) is 11.8 Å². The Kier molecular flexibility index (Phi) is 5.66. The minimum Gasteiger partial charge on any atom is -0.393 e. The van der Waals surface area contributed by atoms with Gasteiger partial charge in [-0.3, -0.25) is 0 Å². The predicted octanol–water partition coefficient (Wildman–Crippen LogP) is 2.14. The molecule has 0 aliphatic heterocycles. The Balaban J connectivity index is 1.79. The summed E-state index contributed by atoms with van der Waals surface area (Å²) < 4.78 is 0. The molecule has 0 spiro atoms. The average molecular weight is 278 g/mol. The van der Waals surface area contributed by atoms with Crippen LogP contribution >= 0.6 is 0 Å². The van der Waals surface area contributed by atoms with E-state index in [-0.39, 0.29) is 18.2 Å². The second-order valence-electron chi connectivity index (χ2n) is 6.07. The van der Waals surface area contributed by atoms with Crippen LogP contribution in [-0.4, -0.2) is 35.5 Å². The van der Waals surface area contributed by atoms with Gasteiger partial charge in [-0.1, -0.05) is 0 Å². The van der Waals surface area contributed by atoms with Crippen LogP contribution in [0.2, 0.25) is 0 Å². The zero-order valence-corrected chi connectivity index (χ0v) is 11.7. The highest BCUT2D eigenvalue weighted by molar-refractivity contribution is 5.33. The molecule has 0 saturated heterocycles. The van der Waals surface area contributed by atoms with E-state index in [9.17, 15) is 14.7 Å². The maximum atomic E-state index is 10.5. The minimum absolute atomic E-state index is 0.105. The summed E-state index contributed by atoms with van der Waals surface area (Å²) in [7, 11) is 0. The number of hydrogen-bond donors (Lipinski definition) is 1. The molecule has 0 atom stereocenters. The first-order valence-corrected chi connectivity index (χ1v) is 7.56. The minimum atomic E-state index is -0.266. The number of carbonyl (C=O) groups excluding carboxylic acids is 2. The summed E-state index contributed by atoms with van der Waals surface area (Å²) in [4.78, 5) is 28.1. The fourth-order valence-electron chi connectivity index (χ4n) is 3.68. The monoisotopic (exact) mass is 278 g/mol. The molecule has 2 aliphatic carbocycles. The van der Waals surface area contributed by atoms with Gasteiger partial charge in [0.2, 0.25) is 12.2 Å². The van der Waals surface area contributed by atoms with Gasteiger partial charge in [-0.15, -0.1) is 0 Å². The van der Waals surface area contributed by atoms with Gasteiger partial charge in [0.05, 0.1) is 18.2 Å². The first kappa shape index (κ1) is 15.1. The molecule has 2 saturated carbocycles. The molecule has 0 radical (unpaired) electrons. The number of nitrogens with zero attached hydrogens (tertiary/aromatic N) is 2. The van der Waals surface area contributed by atoms with Crippen LogP contribution in [0.1, 0.15) is 51.4 Å². The van der Waals surface area contributed by atoms with Crippen molar-refractivity contribution < 1.29 is 14.7 Å². The molecule has 5 nitrogen and oxygen atoms in total. The van der Waals surface area contributed by atoms with E-state index >= 15 is 0 Å². The maximum Gasteiger partial charge on any atom is 0.235 e. The third kappa shape index (κ3) is 3.86. The standard InChI is InChI=1S/C15H22N2O3/c18-9-16-13-5-1-11(2-6-13)15(20)12-3-7-14(8-4-12)17-10-19/h11-15,20H,1-8H2. The Morgan fingerprint density at radius 1 is 0.750 bits per heavy atom. The van der Waals surface area contributed by atoms with Gasteiger partial charge in [0.1, 0.15) is 0 Å². The lowest BCUT2D eigenvalue weighted by Gasteiger charge is -2.36. The third-order valence-electron chi connectivity index (χ3n) is 4.92. The lowest BCUT2D eigenvalue weighted by molar-refractivity contribution is 0.0150. The second-order valence-corrected chi connectivity index (χ2v) is 6.07. The lowest BCUT2D eigenvalue weighted by atomic mass is 9.74. The molecule has 110 valence electrons. The Bertz CT molecular complexity index is 359. The molecular formula is C15H22N2O3. The normalized spacial score (nSPS) is 35.5. The highest BCUT2D eigenvalue weighted by Gasteiger charge is 2.33. The van der Waals surface area contributed by atoms with Gasteiger partial charge >= 0.3 is 0 Å². The van der Waals surface area contributed by atoms with Crippen molar-refractivity contribution >= 4 is 12.2 Å². The van der Waals surface area contributed by atoms with Gasteiger partial charge in [-0.05, 0) is 63.2 Å². The number of hydrogen-bond acceptors (Lipinski definition) is 5. The van der Waals surface area contributed by atoms with Gasteiger partial charge in [0.15, 0.2) is 0 Å². The van der Waals surface area contributed by atoms with E-state index in [0.717, 1.165) is 51.4 Å². The summed E-state index contributed by atoms with van der Waals surface area (Å²) in [6.07, 6.45) is 10.2. The summed E-state index contributed by atoms with van der Waals surface area (Å²) in [5.41, 5.74) is 0. The van der Waals surface area contributed by atoms with E-state index in [1.54, 1.807) is 12.2 Å². The quantitative estimate of drug-likeness (QED) is 0.632. The molecule has 0 unspecified atom stereocenters. The largest absolute Gasteiger partial charge is 0.393 e. The van der Waals surface area contributed by atoms with Crippen molar-refractivity contribution in [1.29, 1.82) is 0 Å². The van der Waals surface area contributed by atoms with Crippen molar-refractivity contribution in [3.8, 4) is 0 Å². The third-order valence-corrected chi connectivity index (χ3v) is 4.92. The van der Waals surface area contributed by atoms with Crippen LogP contribution in [-0.2, 0) is 9.59 Å². The number of rotatable bonds is 4. The SMILES string of the molecule is O=C=NC1CCC(C(O)C2CCC(N=C=O)CC2)CC1. The van der Waals surface area contributed by atoms with Crippen LogP contribution in [0.15, 0.2) is 9.98 Å². The Labute approximate surface area is 119 Å². The highest BCUT2D eigenvalue weighted by atomic mass is 16.3. The van der Waals surface area contributed by atoms with E-state index in [0.29, 0.717) is 11.8 Å². The van der Waals surface area contributed by atoms with Crippen LogP contribution in [0.3, 0.4) is 0 Å². The number of isocyanates is 2. The lowest BCUT2D eigenvalue weighted by Crippen LogP contribution is -2.35. The van der Waals surface area contributed by atoms with Gasteiger partial charge < -0.3 is 5.11 Å². The van der Waals surface area contributed by atoms with Crippen molar-refractivity contribution in [2.75, 3.05) is 0 Å². The van der Waals surface area contributed by atoms with E-state index in [1.807, 2.05) is 0 Å². The van der Waals surface area contributed by atoms with Crippen LogP contribution in [0.4, 0.5) is 0 Å². The summed E-state index contributed by atoms with van der Waals surface area (Å²) in [6.45, 7) is 0. The van der Waals surface area contributed by atoms with E-state index in [2.05, 4.69) is 9.98 Å². The van der Waals surface area contributed by atoms with Gasteiger partial charge in [0, 0.05) is 0 Å². The van der Waals surface area contributed by atoms with Gasteiger partial charge in [0.25, 0.3) is 0 Å². The molecule has 2 aliphatic rings. The van der Waals surface area contributed by atoms with Crippen molar-refractivity contribution in [2.45, 2.75) is 69.6 Å². The fraction of sp³-hybridized carbons (Fsp3) is 0.867. The molecule has 5 heteroatoms. The van der Waals surface area contributed by atoms with Gasteiger partial charge in [-0.2, -0.15) is 0 Å². The van der Waals surface area contributed by atoms with Crippen molar-refractivity contribution in [3.63, 3.8) is 0 Å². The summed E-state index contributed by atoms with van der Waals surface area (Å²) in [5.74, 6) is 0.647. The van der Waals surface area contributed by atoms with Crippen molar-refractivity contribution in [2.24, 2.45) is 21.8 Å². The first-order valence-electron chi connectivity index (χ1n) is 7.56. The topological polar surface area (TPSA) is 79.1 Å². The maximum absolute atomic E-state index is 10.5. The molecule has 0 bridgehead atoms. The molecule has 2 fully saturated rings. The molecule has 0 heterocycles. The fourth-order valence-corrected chi connectivity index (χ4v) is 3.68. The number of aliphatic hydroxyl groups excluding tert-OH is 1. The van der Waals surface area contributed by atoms with E-state index in [1.165, 1.54) is 0 Å². The highest BCUT2D eigenvalue weighted by Crippen LogP contribution is 2.36. The number of aliphatic imine (C=N–C) groups is 2. The Morgan fingerprint density at radius 2 is 1.10 bits per heavy atom. The second kappa shape index (κ2) is 7.49. The molecule has 1 N–H and O–H groups in total. The van der Waals surface area contributed by atoms with E-state index in [4.69, 9.17) is 0 Å². The van der Waals surface area contributed by atoms with Crippen molar-refractivity contribution in [1.82, 2.24) is 0 Å². The number of aliphatic hydroxyl groups is 1. The van der Waals surface area contributed by atoms with E-state index < -0.39 is 0 Å².